The summed E-state index contributed by atoms with van der Waals surface area (Å²) in [6.45, 7) is 11.8. The van der Waals surface area contributed by atoms with Crippen molar-refractivity contribution in [3.05, 3.63) is 0 Å². The predicted octanol–water partition coefficient (Wildman–Crippen LogP) is 5.67. The van der Waals surface area contributed by atoms with Gasteiger partial charge in [0.15, 0.2) is 0 Å². The Morgan fingerprint density at radius 3 is 1.53 bits per heavy atom. The normalized spacial score (nSPS) is 15.6. The van der Waals surface area contributed by atoms with Crippen molar-refractivity contribution in [2.24, 2.45) is 17.8 Å². The van der Waals surface area contributed by atoms with Crippen molar-refractivity contribution >= 4 is 0 Å². The highest BCUT2D eigenvalue weighted by Gasteiger charge is 2.23. The molecular weight excluding hydrogens is 180 g/mol. The zero-order chi connectivity index (χ0) is 11.7. The highest BCUT2D eigenvalue weighted by Crippen LogP contribution is 2.33. The molecule has 0 aliphatic carbocycles. The maximum absolute atomic E-state index is 2.47. The third-order valence-electron chi connectivity index (χ3n) is 3.87. The summed E-state index contributed by atoms with van der Waals surface area (Å²) < 4.78 is 0. The van der Waals surface area contributed by atoms with E-state index in [1.807, 2.05) is 0 Å². The van der Waals surface area contributed by atoms with Crippen LogP contribution in [0.2, 0.25) is 0 Å². The SMILES string of the molecule is CCCC(C)C(CC)C(CCC)CCC. The highest BCUT2D eigenvalue weighted by atomic mass is 14.3. The van der Waals surface area contributed by atoms with Crippen LogP contribution < -0.4 is 0 Å². The Hall–Kier alpha value is 0. The van der Waals surface area contributed by atoms with Crippen LogP contribution in [0.5, 0.6) is 0 Å². The first-order valence-corrected chi connectivity index (χ1v) is 7.21. The molecule has 0 aromatic rings. The van der Waals surface area contributed by atoms with Crippen LogP contribution in [-0.2, 0) is 0 Å². The maximum Gasteiger partial charge on any atom is -0.0363 e. The van der Waals surface area contributed by atoms with Crippen LogP contribution in [-0.4, -0.2) is 0 Å². The summed E-state index contributed by atoms with van der Waals surface area (Å²) in [5.41, 5.74) is 0. The van der Waals surface area contributed by atoms with Crippen molar-refractivity contribution in [3.63, 3.8) is 0 Å². The largest absolute Gasteiger partial charge is 0.0654 e. The predicted molar refractivity (Wildman–Crippen MR) is 71.2 cm³/mol. The lowest BCUT2D eigenvalue weighted by Crippen LogP contribution is -2.21. The molecule has 0 aromatic heterocycles. The first kappa shape index (κ1) is 15.0. The van der Waals surface area contributed by atoms with E-state index < -0.39 is 0 Å². The van der Waals surface area contributed by atoms with Crippen LogP contribution in [0.4, 0.5) is 0 Å². The molecule has 92 valence electrons. The molecule has 0 saturated heterocycles. The third kappa shape index (κ3) is 5.58. The summed E-state index contributed by atoms with van der Waals surface area (Å²) in [7, 11) is 0. The molecule has 2 unspecified atom stereocenters. The van der Waals surface area contributed by atoms with E-state index in [-0.39, 0.29) is 0 Å². The topological polar surface area (TPSA) is 0 Å². The smallest absolute Gasteiger partial charge is 0.0363 e. The van der Waals surface area contributed by atoms with Gasteiger partial charge in [0.1, 0.15) is 0 Å². The van der Waals surface area contributed by atoms with Gasteiger partial charge in [-0.15, -0.1) is 0 Å². The highest BCUT2D eigenvalue weighted by molar-refractivity contribution is 4.73. The van der Waals surface area contributed by atoms with Gasteiger partial charge in [-0.2, -0.15) is 0 Å². The summed E-state index contributed by atoms with van der Waals surface area (Å²) >= 11 is 0. The van der Waals surface area contributed by atoms with Gasteiger partial charge in [-0.1, -0.05) is 79.6 Å². The maximum atomic E-state index is 2.47. The fourth-order valence-electron chi connectivity index (χ4n) is 3.18. The van der Waals surface area contributed by atoms with Gasteiger partial charge in [0, 0.05) is 0 Å². The zero-order valence-corrected chi connectivity index (χ0v) is 11.7. The Morgan fingerprint density at radius 1 is 0.733 bits per heavy atom. The summed E-state index contributed by atoms with van der Waals surface area (Å²) in [6, 6.07) is 0. The molecule has 0 fully saturated rings. The third-order valence-corrected chi connectivity index (χ3v) is 3.87. The van der Waals surface area contributed by atoms with Crippen molar-refractivity contribution in [1.29, 1.82) is 0 Å². The van der Waals surface area contributed by atoms with Gasteiger partial charge in [0.2, 0.25) is 0 Å². The van der Waals surface area contributed by atoms with Gasteiger partial charge in [-0.05, 0) is 17.8 Å². The molecule has 15 heavy (non-hydrogen) atoms. The average Bonchev–Trinajstić information content (AvgIpc) is 2.20. The van der Waals surface area contributed by atoms with Crippen LogP contribution in [0.15, 0.2) is 0 Å². The van der Waals surface area contributed by atoms with Gasteiger partial charge in [0.05, 0.1) is 0 Å². The standard InChI is InChI=1S/C15H32/c1-6-10-13(5)15(9-4)14(11-7-2)12-8-3/h13-15H,6-12H2,1-5H3. The molecule has 0 heterocycles. The number of hydrogen-bond donors (Lipinski definition) is 0. The van der Waals surface area contributed by atoms with Crippen LogP contribution in [0.3, 0.4) is 0 Å². The molecule has 0 N–H and O–H groups in total. The summed E-state index contributed by atoms with van der Waals surface area (Å²) in [5, 5.41) is 0. The molecule has 0 radical (unpaired) electrons. The average molecular weight is 212 g/mol. The second-order valence-corrected chi connectivity index (χ2v) is 5.18. The van der Waals surface area contributed by atoms with E-state index in [9.17, 15) is 0 Å². The Morgan fingerprint density at radius 2 is 1.20 bits per heavy atom. The Labute approximate surface area is 97.8 Å². The Balaban J connectivity index is 4.28. The van der Waals surface area contributed by atoms with Crippen molar-refractivity contribution in [2.75, 3.05) is 0 Å². The zero-order valence-electron chi connectivity index (χ0n) is 11.7. The summed E-state index contributed by atoms with van der Waals surface area (Å²) in [4.78, 5) is 0. The van der Waals surface area contributed by atoms with E-state index in [2.05, 4.69) is 34.6 Å². The lowest BCUT2D eigenvalue weighted by molar-refractivity contribution is 0.196. The van der Waals surface area contributed by atoms with E-state index >= 15 is 0 Å². The van der Waals surface area contributed by atoms with Crippen molar-refractivity contribution in [1.82, 2.24) is 0 Å². The van der Waals surface area contributed by atoms with Gasteiger partial charge in [-0.3, -0.25) is 0 Å². The number of hydrogen-bond acceptors (Lipinski definition) is 0. The summed E-state index contributed by atoms with van der Waals surface area (Å²) in [6.07, 6.45) is 9.76. The molecule has 0 aliphatic rings. The Kier molecular flexibility index (Phi) is 9.24. The van der Waals surface area contributed by atoms with Crippen LogP contribution in [0.25, 0.3) is 0 Å². The molecule has 0 bridgehead atoms. The quantitative estimate of drug-likeness (QED) is 0.462. The fourth-order valence-corrected chi connectivity index (χ4v) is 3.18. The van der Waals surface area contributed by atoms with Gasteiger partial charge in [0.25, 0.3) is 0 Å². The molecule has 0 nitrogen and oxygen atoms in total. The molecule has 0 spiro atoms. The minimum absolute atomic E-state index is 0.933. The van der Waals surface area contributed by atoms with Crippen LogP contribution in [0.1, 0.15) is 79.6 Å². The van der Waals surface area contributed by atoms with E-state index in [0.29, 0.717) is 0 Å². The van der Waals surface area contributed by atoms with E-state index in [4.69, 9.17) is 0 Å². The summed E-state index contributed by atoms with van der Waals surface area (Å²) in [5.74, 6) is 2.90. The van der Waals surface area contributed by atoms with Crippen LogP contribution >= 0.6 is 0 Å². The molecule has 0 amide bonds. The second kappa shape index (κ2) is 9.24. The lowest BCUT2D eigenvalue weighted by atomic mass is 9.75. The molecule has 2 atom stereocenters. The first-order valence-electron chi connectivity index (χ1n) is 7.21. The molecule has 0 aliphatic heterocycles. The monoisotopic (exact) mass is 212 g/mol. The molecule has 0 rings (SSSR count). The first-order chi connectivity index (χ1) is 7.21. The lowest BCUT2D eigenvalue weighted by Gasteiger charge is -2.31. The second-order valence-electron chi connectivity index (χ2n) is 5.18. The molecule has 0 aromatic carbocycles. The Bertz CT molecular complexity index is 122. The molecule has 0 saturated carbocycles. The molecular formula is C15H32. The minimum atomic E-state index is 0.933. The van der Waals surface area contributed by atoms with Gasteiger partial charge >= 0.3 is 0 Å². The van der Waals surface area contributed by atoms with Crippen LogP contribution in [0, 0.1) is 17.8 Å². The van der Waals surface area contributed by atoms with Crippen molar-refractivity contribution in [2.45, 2.75) is 79.6 Å². The van der Waals surface area contributed by atoms with E-state index in [1.165, 1.54) is 44.9 Å². The van der Waals surface area contributed by atoms with Gasteiger partial charge in [-0.25, -0.2) is 0 Å². The van der Waals surface area contributed by atoms with Gasteiger partial charge < -0.3 is 0 Å². The molecule has 0 heteroatoms. The van der Waals surface area contributed by atoms with Crippen molar-refractivity contribution in [3.8, 4) is 0 Å². The van der Waals surface area contributed by atoms with Crippen molar-refractivity contribution < 1.29 is 0 Å². The van der Waals surface area contributed by atoms with E-state index in [1.54, 1.807) is 0 Å². The minimum Gasteiger partial charge on any atom is -0.0654 e. The van der Waals surface area contributed by atoms with E-state index in [0.717, 1.165) is 17.8 Å². The fraction of sp³-hybridized carbons (Fsp3) is 1.00. The number of rotatable bonds is 9.